The molecule has 1 heteroatoms. The van der Waals surface area contributed by atoms with E-state index < -0.39 is 0 Å². The van der Waals surface area contributed by atoms with Gasteiger partial charge < -0.3 is 0 Å². The van der Waals surface area contributed by atoms with Crippen LogP contribution in [0.25, 0.3) is 0 Å². The minimum absolute atomic E-state index is 0.215. The Labute approximate surface area is 56.9 Å². The average molecular weight is 174 g/mol. The fourth-order valence-corrected chi connectivity index (χ4v) is 6.54. The molecule has 1 aliphatic heterocycles. The van der Waals surface area contributed by atoms with Crippen molar-refractivity contribution in [3.63, 3.8) is 0 Å². The Morgan fingerprint density at radius 1 is 1.12 bits per heavy atom. The summed E-state index contributed by atoms with van der Waals surface area (Å²) in [5, 5.41) is 3.29. The predicted octanol–water partition coefficient (Wildman–Crippen LogP) is 2.69. The third kappa shape index (κ3) is 1.52. The van der Waals surface area contributed by atoms with E-state index in [0.29, 0.717) is 0 Å². The first-order valence-corrected chi connectivity index (χ1v) is 7.28. The Hall–Kier alpha value is 0.558. The third-order valence-electron chi connectivity index (χ3n) is 1.87. The van der Waals surface area contributed by atoms with Crippen molar-refractivity contribution in [1.82, 2.24) is 0 Å². The second kappa shape index (κ2) is 2.92. The van der Waals surface area contributed by atoms with Gasteiger partial charge in [-0.25, -0.2) is 0 Å². The maximum absolute atomic E-state index is 2.41. The molecular formula is C7H15As. The van der Waals surface area contributed by atoms with Crippen LogP contribution in [-0.2, 0) is 0 Å². The van der Waals surface area contributed by atoms with Gasteiger partial charge in [-0.05, 0) is 0 Å². The second-order valence-corrected chi connectivity index (χ2v) is 9.35. The van der Waals surface area contributed by atoms with Crippen LogP contribution in [0, 0.1) is 0 Å². The van der Waals surface area contributed by atoms with Gasteiger partial charge in [0.2, 0.25) is 0 Å². The van der Waals surface area contributed by atoms with Gasteiger partial charge in [0.05, 0.1) is 0 Å². The molecule has 0 nitrogen and oxygen atoms in total. The summed E-state index contributed by atoms with van der Waals surface area (Å²) in [4.78, 5) is 0. The molecule has 8 heavy (non-hydrogen) atoms. The van der Waals surface area contributed by atoms with E-state index in [1.165, 1.54) is 0 Å². The normalized spacial score (nSPS) is 22.9. The summed E-state index contributed by atoms with van der Waals surface area (Å²) in [6, 6.07) is 0. The molecule has 0 aromatic rings. The van der Waals surface area contributed by atoms with Gasteiger partial charge in [-0.15, -0.1) is 0 Å². The van der Waals surface area contributed by atoms with Gasteiger partial charge in [0.25, 0.3) is 0 Å². The summed E-state index contributed by atoms with van der Waals surface area (Å²) < 4.78 is 1.09. The monoisotopic (exact) mass is 174 g/mol. The van der Waals surface area contributed by atoms with Crippen LogP contribution in [0.15, 0.2) is 0 Å². The molecule has 1 heterocycles. The molecule has 1 rings (SSSR count). The fourth-order valence-electron chi connectivity index (χ4n) is 1.26. The Bertz CT molecular complexity index is 62.8. The van der Waals surface area contributed by atoms with E-state index in [1.54, 1.807) is 23.3 Å². The average Bonchev–Trinajstić information content (AvgIpc) is 2.12. The van der Waals surface area contributed by atoms with Gasteiger partial charge in [-0.3, -0.25) is 0 Å². The van der Waals surface area contributed by atoms with E-state index in [1.807, 2.05) is 0 Å². The van der Waals surface area contributed by atoms with Crippen LogP contribution < -0.4 is 0 Å². The number of hydrogen-bond acceptors (Lipinski definition) is 0. The van der Waals surface area contributed by atoms with Crippen molar-refractivity contribution in [3.8, 4) is 0 Å². The summed E-state index contributed by atoms with van der Waals surface area (Å²) in [5.41, 5.74) is 0. The summed E-state index contributed by atoms with van der Waals surface area (Å²) in [7, 11) is 0. The first-order valence-electron chi connectivity index (χ1n) is 3.55. The van der Waals surface area contributed by atoms with E-state index in [9.17, 15) is 0 Å². The van der Waals surface area contributed by atoms with E-state index >= 15 is 0 Å². The van der Waals surface area contributed by atoms with Gasteiger partial charge in [-0.1, -0.05) is 0 Å². The molecule has 0 amide bonds. The molecule has 0 aromatic carbocycles. The zero-order valence-electron chi connectivity index (χ0n) is 5.85. The molecule has 0 aliphatic carbocycles. The van der Waals surface area contributed by atoms with E-state index in [2.05, 4.69) is 13.8 Å². The Morgan fingerprint density at radius 3 is 1.88 bits per heavy atom. The maximum atomic E-state index is 2.41. The molecule has 0 spiro atoms. The topological polar surface area (TPSA) is 0 Å². The Morgan fingerprint density at radius 2 is 1.62 bits per heavy atom. The van der Waals surface area contributed by atoms with Crippen LogP contribution in [0.4, 0.5) is 0 Å². The molecular weight excluding hydrogens is 159 g/mol. The molecule has 1 aliphatic rings. The summed E-state index contributed by atoms with van der Waals surface area (Å²) >= 11 is -0.215. The molecule has 0 unspecified atom stereocenters. The zero-order valence-corrected chi connectivity index (χ0v) is 7.73. The molecule has 48 valence electrons. The zero-order chi connectivity index (χ0) is 5.98. The van der Waals surface area contributed by atoms with Crippen LogP contribution >= 0.6 is 0 Å². The molecule has 0 aromatic heterocycles. The van der Waals surface area contributed by atoms with Gasteiger partial charge >= 0.3 is 56.5 Å². The summed E-state index contributed by atoms with van der Waals surface area (Å²) in [5.74, 6) is 0. The van der Waals surface area contributed by atoms with Crippen LogP contribution in [-0.4, -0.2) is 14.7 Å². The molecule has 0 atom stereocenters. The van der Waals surface area contributed by atoms with Crippen molar-refractivity contribution in [2.24, 2.45) is 0 Å². The van der Waals surface area contributed by atoms with Gasteiger partial charge in [0, 0.05) is 0 Å². The van der Waals surface area contributed by atoms with Crippen molar-refractivity contribution in [1.29, 1.82) is 0 Å². The predicted molar refractivity (Wildman–Crippen MR) is 39.7 cm³/mol. The van der Waals surface area contributed by atoms with Crippen molar-refractivity contribution < 1.29 is 0 Å². The quantitative estimate of drug-likeness (QED) is 0.536. The van der Waals surface area contributed by atoms with Crippen molar-refractivity contribution >= 4 is 14.7 Å². The van der Waals surface area contributed by atoms with Crippen molar-refractivity contribution in [2.75, 3.05) is 0 Å². The van der Waals surface area contributed by atoms with Crippen molar-refractivity contribution in [3.05, 3.63) is 0 Å². The number of rotatable bonds is 1. The summed E-state index contributed by atoms with van der Waals surface area (Å²) in [6.07, 6.45) is 3.11. The SMILES string of the molecule is CC(C)[As]1CCCC1. The molecule has 0 saturated carbocycles. The van der Waals surface area contributed by atoms with Crippen LogP contribution in [0.3, 0.4) is 0 Å². The van der Waals surface area contributed by atoms with E-state index in [0.717, 1.165) is 4.71 Å². The Balaban J connectivity index is 2.24. The molecule has 0 bridgehead atoms. The Kier molecular flexibility index (Phi) is 2.43. The number of hydrogen-bond donors (Lipinski definition) is 0. The van der Waals surface area contributed by atoms with Crippen molar-refractivity contribution in [2.45, 2.75) is 41.8 Å². The summed E-state index contributed by atoms with van der Waals surface area (Å²) in [6.45, 7) is 4.82. The van der Waals surface area contributed by atoms with Gasteiger partial charge in [-0.2, -0.15) is 0 Å². The molecule has 0 N–H and O–H groups in total. The molecule has 1 fully saturated rings. The first-order chi connectivity index (χ1) is 3.80. The van der Waals surface area contributed by atoms with Crippen LogP contribution in [0.2, 0.25) is 15.1 Å². The van der Waals surface area contributed by atoms with Crippen LogP contribution in [0.1, 0.15) is 26.7 Å². The molecule has 1 saturated heterocycles. The minimum atomic E-state index is -0.215. The third-order valence-corrected chi connectivity index (χ3v) is 8.67. The second-order valence-electron chi connectivity index (χ2n) is 2.84. The van der Waals surface area contributed by atoms with E-state index in [4.69, 9.17) is 0 Å². The van der Waals surface area contributed by atoms with E-state index in [-0.39, 0.29) is 14.7 Å². The fraction of sp³-hybridized carbons (Fsp3) is 1.00. The van der Waals surface area contributed by atoms with Crippen LogP contribution in [0.5, 0.6) is 0 Å². The first kappa shape index (κ1) is 6.68. The molecule has 0 radical (unpaired) electrons. The van der Waals surface area contributed by atoms with Gasteiger partial charge in [0.1, 0.15) is 0 Å². The van der Waals surface area contributed by atoms with Gasteiger partial charge in [0.15, 0.2) is 0 Å². The standard InChI is InChI=1S/C7H15As/c1-7(2)8-5-3-4-6-8/h7H,3-6H2,1-2H3.